The van der Waals surface area contributed by atoms with E-state index in [1.54, 1.807) is 12.4 Å². The van der Waals surface area contributed by atoms with E-state index in [0.29, 0.717) is 0 Å². The summed E-state index contributed by atoms with van der Waals surface area (Å²) in [6.45, 7) is 3.66. The highest BCUT2D eigenvalue weighted by atomic mass is 16.3. The molecule has 0 bridgehead atoms. The van der Waals surface area contributed by atoms with Crippen LogP contribution in [0.2, 0.25) is 0 Å². The van der Waals surface area contributed by atoms with Crippen LogP contribution in [-0.4, -0.2) is 33.9 Å². The van der Waals surface area contributed by atoms with Crippen LogP contribution in [-0.2, 0) is 6.61 Å². The SMILES string of the molecule is CC1(O)CCCN(c2ccncc2CO)CC1. The molecule has 1 aliphatic rings. The number of rotatable bonds is 2. The molecule has 4 nitrogen and oxygen atoms in total. The Labute approximate surface area is 102 Å². The summed E-state index contributed by atoms with van der Waals surface area (Å²) in [5.74, 6) is 0. The fourth-order valence-electron chi connectivity index (χ4n) is 2.35. The first-order valence-electron chi connectivity index (χ1n) is 6.13. The number of nitrogens with zero attached hydrogens (tertiary/aromatic N) is 2. The standard InChI is InChI=1S/C13H20N2O2/c1-13(17)4-2-7-15(8-5-13)12-3-6-14-9-11(12)10-16/h3,6,9,16-17H,2,4-5,7-8,10H2,1H3. The van der Waals surface area contributed by atoms with Gasteiger partial charge < -0.3 is 15.1 Å². The number of aromatic nitrogens is 1. The summed E-state index contributed by atoms with van der Waals surface area (Å²) in [5, 5.41) is 19.4. The second-order valence-corrected chi connectivity index (χ2v) is 5.00. The monoisotopic (exact) mass is 236 g/mol. The Balaban J connectivity index is 2.17. The molecule has 1 atom stereocenters. The maximum atomic E-state index is 10.1. The molecule has 1 fully saturated rings. The van der Waals surface area contributed by atoms with Crippen LogP contribution in [0, 0.1) is 0 Å². The van der Waals surface area contributed by atoms with Gasteiger partial charge in [0.25, 0.3) is 0 Å². The molecule has 0 radical (unpaired) electrons. The predicted octanol–water partition coefficient (Wildman–Crippen LogP) is 1.32. The third-order valence-electron chi connectivity index (χ3n) is 3.45. The van der Waals surface area contributed by atoms with Crippen molar-refractivity contribution in [1.29, 1.82) is 0 Å². The van der Waals surface area contributed by atoms with E-state index in [0.717, 1.165) is 43.6 Å². The van der Waals surface area contributed by atoms with Crippen molar-refractivity contribution in [2.24, 2.45) is 0 Å². The molecule has 94 valence electrons. The van der Waals surface area contributed by atoms with Crippen LogP contribution < -0.4 is 4.90 Å². The summed E-state index contributed by atoms with van der Waals surface area (Å²) in [4.78, 5) is 6.26. The fourth-order valence-corrected chi connectivity index (χ4v) is 2.35. The summed E-state index contributed by atoms with van der Waals surface area (Å²) in [5.41, 5.74) is 1.34. The fraction of sp³-hybridized carbons (Fsp3) is 0.615. The van der Waals surface area contributed by atoms with Crippen molar-refractivity contribution in [3.63, 3.8) is 0 Å². The van der Waals surface area contributed by atoms with E-state index >= 15 is 0 Å². The molecule has 0 saturated carbocycles. The molecule has 1 aromatic heterocycles. The molecular weight excluding hydrogens is 216 g/mol. The lowest BCUT2D eigenvalue weighted by molar-refractivity contribution is 0.0481. The van der Waals surface area contributed by atoms with Gasteiger partial charge in [-0.3, -0.25) is 4.98 Å². The lowest BCUT2D eigenvalue weighted by Gasteiger charge is -2.25. The molecule has 2 N–H and O–H groups in total. The molecule has 2 rings (SSSR count). The van der Waals surface area contributed by atoms with E-state index in [4.69, 9.17) is 0 Å². The first kappa shape index (κ1) is 12.3. The molecule has 0 aromatic carbocycles. The van der Waals surface area contributed by atoms with Gasteiger partial charge in [-0.1, -0.05) is 0 Å². The summed E-state index contributed by atoms with van der Waals surface area (Å²) >= 11 is 0. The summed E-state index contributed by atoms with van der Waals surface area (Å²) in [6.07, 6.45) is 6.03. The average Bonchev–Trinajstić information content (AvgIpc) is 2.50. The van der Waals surface area contributed by atoms with E-state index in [9.17, 15) is 10.2 Å². The number of hydrogen-bond donors (Lipinski definition) is 2. The van der Waals surface area contributed by atoms with Crippen LogP contribution in [0.25, 0.3) is 0 Å². The van der Waals surface area contributed by atoms with Gasteiger partial charge in [0.05, 0.1) is 12.2 Å². The molecule has 2 heterocycles. The molecule has 17 heavy (non-hydrogen) atoms. The first-order chi connectivity index (χ1) is 8.12. The van der Waals surface area contributed by atoms with Gasteiger partial charge in [0.15, 0.2) is 0 Å². The summed E-state index contributed by atoms with van der Waals surface area (Å²) in [7, 11) is 0. The number of anilines is 1. The van der Waals surface area contributed by atoms with Crippen molar-refractivity contribution in [1.82, 2.24) is 4.98 Å². The van der Waals surface area contributed by atoms with Crippen LogP contribution >= 0.6 is 0 Å². The van der Waals surface area contributed by atoms with Gasteiger partial charge in [0.1, 0.15) is 0 Å². The number of aliphatic hydroxyl groups excluding tert-OH is 1. The smallest absolute Gasteiger partial charge is 0.0717 e. The van der Waals surface area contributed by atoms with E-state index < -0.39 is 5.60 Å². The van der Waals surface area contributed by atoms with Gasteiger partial charge in [-0.05, 0) is 32.3 Å². The summed E-state index contributed by atoms with van der Waals surface area (Å²) in [6, 6.07) is 1.94. The highest BCUT2D eigenvalue weighted by molar-refractivity contribution is 5.52. The minimum Gasteiger partial charge on any atom is -0.392 e. The number of aliphatic hydroxyl groups is 2. The molecule has 1 aliphatic heterocycles. The van der Waals surface area contributed by atoms with Gasteiger partial charge in [-0.2, -0.15) is 0 Å². The molecule has 0 spiro atoms. The Morgan fingerprint density at radius 1 is 1.41 bits per heavy atom. The molecule has 0 aliphatic carbocycles. The van der Waals surface area contributed by atoms with E-state index in [-0.39, 0.29) is 6.61 Å². The third-order valence-corrected chi connectivity index (χ3v) is 3.45. The van der Waals surface area contributed by atoms with Crippen molar-refractivity contribution in [3.8, 4) is 0 Å². The molecular formula is C13H20N2O2. The van der Waals surface area contributed by atoms with Crippen molar-refractivity contribution in [2.75, 3.05) is 18.0 Å². The Hall–Kier alpha value is -1.13. The van der Waals surface area contributed by atoms with Gasteiger partial charge in [0.2, 0.25) is 0 Å². The maximum absolute atomic E-state index is 10.1. The molecule has 1 aromatic rings. The van der Waals surface area contributed by atoms with E-state index in [2.05, 4.69) is 9.88 Å². The maximum Gasteiger partial charge on any atom is 0.0717 e. The van der Waals surface area contributed by atoms with Crippen molar-refractivity contribution in [3.05, 3.63) is 24.0 Å². The second kappa shape index (κ2) is 5.02. The third kappa shape index (κ3) is 2.96. The molecule has 4 heteroatoms. The van der Waals surface area contributed by atoms with E-state index in [1.807, 2.05) is 13.0 Å². The molecule has 1 saturated heterocycles. The largest absolute Gasteiger partial charge is 0.392 e. The highest BCUT2D eigenvalue weighted by Gasteiger charge is 2.25. The average molecular weight is 236 g/mol. The Morgan fingerprint density at radius 2 is 2.24 bits per heavy atom. The second-order valence-electron chi connectivity index (χ2n) is 5.00. The van der Waals surface area contributed by atoms with Crippen LogP contribution in [0.15, 0.2) is 18.5 Å². The van der Waals surface area contributed by atoms with Gasteiger partial charge in [0, 0.05) is 36.7 Å². The number of pyridine rings is 1. The van der Waals surface area contributed by atoms with Crippen LogP contribution in [0.5, 0.6) is 0 Å². The summed E-state index contributed by atoms with van der Waals surface area (Å²) < 4.78 is 0. The number of hydrogen-bond acceptors (Lipinski definition) is 4. The zero-order valence-corrected chi connectivity index (χ0v) is 10.3. The Morgan fingerprint density at radius 3 is 3.00 bits per heavy atom. The van der Waals surface area contributed by atoms with Gasteiger partial charge in [-0.15, -0.1) is 0 Å². The first-order valence-corrected chi connectivity index (χ1v) is 6.13. The van der Waals surface area contributed by atoms with Crippen molar-refractivity contribution >= 4 is 5.69 Å². The normalized spacial score (nSPS) is 25.7. The highest BCUT2D eigenvalue weighted by Crippen LogP contribution is 2.27. The Bertz CT molecular complexity index is 379. The van der Waals surface area contributed by atoms with E-state index in [1.165, 1.54) is 0 Å². The molecule has 0 amide bonds. The predicted molar refractivity (Wildman–Crippen MR) is 66.8 cm³/mol. The zero-order valence-electron chi connectivity index (χ0n) is 10.3. The van der Waals surface area contributed by atoms with Crippen molar-refractivity contribution in [2.45, 2.75) is 38.4 Å². The minimum absolute atomic E-state index is 0.00999. The van der Waals surface area contributed by atoms with Crippen molar-refractivity contribution < 1.29 is 10.2 Å². The minimum atomic E-state index is -0.554. The topological polar surface area (TPSA) is 56.6 Å². The van der Waals surface area contributed by atoms with Gasteiger partial charge >= 0.3 is 0 Å². The van der Waals surface area contributed by atoms with Crippen LogP contribution in [0.3, 0.4) is 0 Å². The van der Waals surface area contributed by atoms with Crippen LogP contribution in [0.1, 0.15) is 31.7 Å². The van der Waals surface area contributed by atoms with Crippen LogP contribution in [0.4, 0.5) is 5.69 Å². The lowest BCUT2D eigenvalue weighted by atomic mass is 9.98. The zero-order chi connectivity index (χ0) is 12.3. The Kier molecular flexibility index (Phi) is 3.64. The lowest BCUT2D eigenvalue weighted by Crippen LogP contribution is -2.28. The van der Waals surface area contributed by atoms with Gasteiger partial charge in [-0.25, -0.2) is 0 Å². The molecule has 1 unspecified atom stereocenters. The quantitative estimate of drug-likeness (QED) is 0.813.